The van der Waals surface area contributed by atoms with Gasteiger partial charge in [0.15, 0.2) is 5.82 Å². The molecule has 2 aromatic carbocycles. The number of carboxylic acids is 1. The maximum atomic E-state index is 15.9. The largest absolute Gasteiger partial charge is 0.479 e. The number of carbonyl (C=O) groups is 1. The van der Waals surface area contributed by atoms with Crippen LogP contribution in [-0.2, 0) is 4.79 Å². The lowest BCUT2D eigenvalue weighted by molar-refractivity contribution is -0.150. The van der Waals surface area contributed by atoms with E-state index in [4.69, 9.17) is 0 Å². The second-order valence-electron chi connectivity index (χ2n) is 9.35. The second kappa shape index (κ2) is 7.37. The van der Waals surface area contributed by atoms with Crippen LogP contribution in [-0.4, -0.2) is 31.5 Å². The van der Waals surface area contributed by atoms with Crippen LogP contribution in [0.25, 0.3) is 27.5 Å². The van der Waals surface area contributed by atoms with Crippen molar-refractivity contribution in [1.82, 2.24) is 14.8 Å². The SMILES string of the molecule is Cc1cc(-n2c(C(C)C)c([C@@H]3CC[C@@](F)(C(=O)O)C3)c3c(F)c4[nH]ncc4cc32)ccc1F. The summed E-state index contributed by atoms with van der Waals surface area (Å²) in [6.07, 6.45) is 1.49. The summed E-state index contributed by atoms with van der Waals surface area (Å²) in [6.45, 7) is 5.59. The Morgan fingerprint density at radius 3 is 2.70 bits per heavy atom. The Balaban J connectivity index is 1.88. The van der Waals surface area contributed by atoms with Gasteiger partial charge < -0.3 is 9.67 Å². The van der Waals surface area contributed by atoms with Crippen molar-refractivity contribution in [1.29, 1.82) is 0 Å². The number of hydrogen-bond acceptors (Lipinski definition) is 2. The number of alkyl halides is 1. The number of hydrogen-bond donors (Lipinski definition) is 2. The smallest absolute Gasteiger partial charge is 0.341 e. The van der Waals surface area contributed by atoms with Gasteiger partial charge in [0.05, 0.1) is 11.7 Å². The van der Waals surface area contributed by atoms with E-state index in [-0.39, 0.29) is 30.1 Å². The number of carboxylic acid groups (broad SMARTS) is 1. The fourth-order valence-corrected chi connectivity index (χ4v) is 5.32. The molecule has 172 valence electrons. The average Bonchev–Trinajstić information content (AvgIpc) is 3.46. The Hall–Kier alpha value is -3.29. The van der Waals surface area contributed by atoms with Gasteiger partial charge in [0.1, 0.15) is 11.3 Å². The van der Waals surface area contributed by atoms with Crippen molar-refractivity contribution in [3.05, 3.63) is 58.9 Å². The molecule has 1 aliphatic carbocycles. The highest BCUT2D eigenvalue weighted by Gasteiger charge is 2.48. The number of aromatic nitrogens is 3. The van der Waals surface area contributed by atoms with Gasteiger partial charge in [0, 0.05) is 22.2 Å². The fourth-order valence-electron chi connectivity index (χ4n) is 5.32. The van der Waals surface area contributed by atoms with Crippen LogP contribution in [0.3, 0.4) is 0 Å². The molecule has 8 heteroatoms. The van der Waals surface area contributed by atoms with E-state index in [1.165, 1.54) is 12.3 Å². The van der Waals surface area contributed by atoms with E-state index in [1.807, 2.05) is 24.5 Å². The van der Waals surface area contributed by atoms with Crippen LogP contribution < -0.4 is 0 Å². The van der Waals surface area contributed by atoms with Crippen LogP contribution in [0.2, 0.25) is 0 Å². The van der Waals surface area contributed by atoms with Crippen LogP contribution in [0.5, 0.6) is 0 Å². The molecule has 0 amide bonds. The maximum absolute atomic E-state index is 15.9. The second-order valence-corrected chi connectivity index (χ2v) is 9.35. The van der Waals surface area contributed by atoms with Gasteiger partial charge >= 0.3 is 5.97 Å². The monoisotopic (exact) mass is 455 g/mol. The number of halogens is 3. The first-order valence-electron chi connectivity index (χ1n) is 11.0. The Kier molecular flexibility index (Phi) is 4.81. The summed E-state index contributed by atoms with van der Waals surface area (Å²) in [5.41, 5.74) is 0.983. The van der Waals surface area contributed by atoms with Crippen molar-refractivity contribution < 1.29 is 23.1 Å². The third kappa shape index (κ3) is 3.14. The molecular weight excluding hydrogens is 431 g/mol. The van der Waals surface area contributed by atoms with Gasteiger partial charge in [-0.15, -0.1) is 0 Å². The van der Waals surface area contributed by atoms with E-state index in [0.29, 0.717) is 39.5 Å². The predicted molar refractivity (Wildman–Crippen MR) is 120 cm³/mol. The number of nitrogens with zero attached hydrogens (tertiary/aromatic N) is 2. The quantitative estimate of drug-likeness (QED) is 0.381. The average molecular weight is 455 g/mol. The molecule has 1 saturated carbocycles. The molecule has 2 N–H and O–H groups in total. The Morgan fingerprint density at radius 1 is 1.30 bits per heavy atom. The molecule has 0 spiro atoms. The van der Waals surface area contributed by atoms with Crippen molar-refractivity contribution >= 4 is 27.8 Å². The third-order valence-electron chi connectivity index (χ3n) is 6.88. The number of fused-ring (bicyclic) bond motifs is 2. The third-order valence-corrected chi connectivity index (χ3v) is 6.88. The van der Waals surface area contributed by atoms with E-state index in [2.05, 4.69) is 10.2 Å². The Morgan fingerprint density at radius 2 is 2.06 bits per heavy atom. The molecule has 0 unspecified atom stereocenters. The summed E-state index contributed by atoms with van der Waals surface area (Å²) in [6, 6.07) is 6.53. The molecule has 33 heavy (non-hydrogen) atoms. The van der Waals surface area contributed by atoms with Crippen molar-refractivity contribution in [2.45, 2.75) is 57.5 Å². The van der Waals surface area contributed by atoms with Crippen molar-refractivity contribution in [2.75, 3.05) is 0 Å². The van der Waals surface area contributed by atoms with Crippen molar-refractivity contribution in [2.24, 2.45) is 0 Å². The number of aromatic amines is 1. The van der Waals surface area contributed by atoms with Gasteiger partial charge in [0.25, 0.3) is 0 Å². The van der Waals surface area contributed by atoms with E-state index in [1.54, 1.807) is 19.1 Å². The standard InChI is InChI=1S/C25H24F3N3O2/c1-12(2)23-19(14-6-7-25(28,10-14)24(32)33)20-18(9-15-11-29-30-22(15)21(20)27)31(23)16-4-5-17(26)13(3)8-16/h4-5,8-9,11-12,14H,6-7,10H2,1-3H3,(H,29,30)(H,32,33)/t14-,25+/m1/s1. The minimum Gasteiger partial charge on any atom is -0.479 e. The number of rotatable bonds is 4. The number of H-pyrrole nitrogens is 1. The van der Waals surface area contributed by atoms with E-state index >= 15 is 8.78 Å². The summed E-state index contributed by atoms with van der Waals surface area (Å²) >= 11 is 0. The molecular formula is C25H24F3N3O2. The van der Waals surface area contributed by atoms with Gasteiger partial charge in [0.2, 0.25) is 5.67 Å². The molecule has 1 aliphatic rings. The molecule has 5 rings (SSSR count). The van der Waals surface area contributed by atoms with Gasteiger partial charge in [-0.25, -0.2) is 18.0 Å². The Bertz CT molecular complexity index is 1420. The lowest BCUT2D eigenvalue weighted by atomic mass is 9.89. The number of aliphatic carboxylic acids is 1. The summed E-state index contributed by atoms with van der Waals surface area (Å²) in [5.74, 6) is -2.88. The first-order valence-corrected chi connectivity index (χ1v) is 11.0. The lowest BCUT2D eigenvalue weighted by Gasteiger charge is -2.19. The first kappa shape index (κ1) is 21.6. The normalized spacial score (nSPS) is 21.0. The zero-order chi connectivity index (χ0) is 23.7. The van der Waals surface area contributed by atoms with Gasteiger partial charge in [-0.3, -0.25) is 5.10 Å². The van der Waals surface area contributed by atoms with E-state index in [9.17, 15) is 14.3 Å². The topological polar surface area (TPSA) is 70.9 Å². The molecule has 2 aromatic heterocycles. The molecule has 0 saturated heterocycles. The molecule has 4 aromatic rings. The molecule has 0 aliphatic heterocycles. The van der Waals surface area contributed by atoms with Crippen LogP contribution in [0.15, 0.2) is 30.5 Å². The summed E-state index contributed by atoms with van der Waals surface area (Å²) in [4.78, 5) is 11.6. The number of nitrogens with one attached hydrogen (secondary N) is 1. The lowest BCUT2D eigenvalue weighted by Crippen LogP contribution is -2.30. The molecule has 2 heterocycles. The van der Waals surface area contributed by atoms with Crippen molar-refractivity contribution in [3.8, 4) is 5.69 Å². The number of benzene rings is 2. The van der Waals surface area contributed by atoms with Crippen LogP contribution in [0, 0.1) is 18.6 Å². The van der Waals surface area contributed by atoms with Gasteiger partial charge in [-0.1, -0.05) is 13.8 Å². The van der Waals surface area contributed by atoms with Crippen LogP contribution in [0.1, 0.15) is 61.8 Å². The molecule has 0 bridgehead atoms. The highest BCUT2D eigenvalue weighted by atomic mass is 19.1. The molecule has 5 nitrogen and oxygen atoms in total. The fraction of sp³-hybridized carbons (Fsp3) is 0.360. The highest BCUT2D eigenvalue weighted by molar-refractivity contribution is 6.00. The zero-order valence-electron chi connectivity index (χ0n) is 18.5. The summed E-state index contributed by atoms with van der Waals surface area (Å²) in [7, 11) is 0. The van der Waals surface area contributed by atoms with E-state index in [0.717, 1.165) is 5.69 Å². The van der Waals surface area contributed by atoms with Crippen LogP contribution >= 0.6 is 0 Å². The first-order chi connectivity index (χ1) is 15.6. The molecule has 0 radical (unpaired) electrons. The minimum absolute atomic E-state index is 0.0898. The van der Waals surface area contributed by atoms with E-state index < -0.39 is 23.4 Å². The van der Waals surface area contributed by atoms with Crippen LogP contribution in [0.4, 0.5) is 13.2 Å². The molecule has 2 atom stereocenters. The minimum atomic E-state index is -2.34. The Labute approximate surface area is 188 Å². The predicted octanol–water partition coefficient (Wildman–Crippen LogP) is 6.28. The molecule has 1 fully saturated rings. The van der Waals surface area contributed by atoms with Crippen molar-refractivity contribution in [3.63, 3.8) is 0 Å². The highest BCUT2D eigenvalue weighted by Crippen LogP contribution is 2.50. The maximum Gasteiger partial charge on any atom is 0.341 e. The van der Waals surface area contributed by atoms with Gasteiger partial charge in [-0.05, 0) is 73.4 Å². The summed E-state index contributed by atoms with van der Waals surface area (Å²) < 4.78 is 47.0. The number of aryl methyl sites for hydroxylation is 1. The zero-order valence-corrected chi connectivity index (χ0v) is 18.5. The summed E-state index contributed by atoms with van der Waals surface area (Å²) in [5, 5.41) is 17.0. The van der Waals surface area contributed by atoms with Gasteiger partial charge in [-0.2, -0.15) is 5.10 Å².